The lowest BCUT2D eigenvalue weighted by Crippen LogP contribution is -1.97. The minimum atomic E-state index is 0.754. The number of benzene rings is 1. The molecule has 16 heavy (non-hydrogen) atoms. The van der Waals surface area contributed by atoms with Crippen LogP contribution in [0.15, 0.2) is 24.5 Å². The van der Waals surface area contributed by atoms with Gasteiger partial charge in [0.1, 0.15) is 0 Å². The van der Waals surface area contributed by atoms with E-state index in [1.54, 1.807) is 14.2 Å². The smallest absolute Gasteiger partial charge is 0.161 e. The standard InChI is InChI=1S/C13H15NO2/c1-14-6-4-10-8-12(15-2)13(16-3)9-11(10)5-7-14/h4-9H,1-3H3. The quantitative estimate of drug-likeness (QED) is 0.760. The fourth-order valence-electron chi connectivity index (χ4n) is 1.64. The minimum absolute atomic E-state index is 0.754. The maximum atomic E-state index is 5.27. The molecule has 0 amide bonds. The molecule has 84 valence electrons. The van der Waals surface area contributed by atoms with E-state index in [-0.39, 0.29) is 0 Å². The van der Waals surface area contributed by atoms with Crippen LogP contribution in [0.25, 0.3) is 12.2 Å². The molecule has 3 heteroatoms. The molecule has 0 fully saturated rings. The van der Waals surface area contributed by atoms with Crippen molar-refractivity contribution in [2.24, 2.45) is 0 Å². The van der Waals surface area contributed by atoms with Gasteiger partial charge in [0, 0.05) is 19.4 Å². The second kappa shape index (κ2) is 4.31. The molecule has 0 unspecified atom stereocenters. The Morgan fingerprint density at radius 2 is 1.31 bits per heavy atom. The van der Waals surface area contributed by atoms with Crippen LogP contribution in [0.2, 0.25) is 0 Å². The summed E-state index contributed by atoms with van der Waals surface area (Å²) in [6.45, 7) is 0. The monoisotopic (exact) mass is 217 g/mol. The minimum Gasteiger partial charge on any atom is -0.493 e. The normalized spacial score (nSPS) is 13.3. The van der Waals surface area contributed by atoms with Gasteiger partial charge < -0.3 is 14.4 Å². The Morgan fingerprint density at radius 3 is 1.69 bits per heavy atom. The largest absolute Gasteiger partial charge is 0.493 e. The van der Waals surface area contributed by atoms with Crippen LogP contribution < -0.4 is 9.47 Å². The molecule has 1 aromatic carbocycles. The summed E-state index contributed by atoms with van der Waals surface area (Å²) in [5.41, 5.74) is 2.25. The Kier molecular flexibility index (Phi) is 2.86. The molecule has 1 aliphatic heterocycles. The highest BCUT2D eigenvalue weighted by Gasteiger charge is 2.09. The third-order valence-corrected chi connectivity index (χ3v) is 2.57. The molecule has 1 aromatic rings. The van der Waals surface area contributed by atoms with Crippen molar-refractivity contribution in [3.63, 3.8) is 0 Å². The molecular weight excluding hydrogens is 202 g/mol. The average Bonchev–Trinajstić information content (AvgIpc) is 2.50. The van der Waals surface area contributed by atoms with Gasteiger partial charge in [0.15, 0.2) is 11.5 Å². The van der Waals surface area contributed by atoms with Crippen LogP contribution in [-0.4, -0.2) is 26.2 Å². The number of rotatable bonds is 2. The Balaban J connectivity index is 2.54. The second-order valence-electron chi connectivity index (χ2n) is 3.63. The number of fused-ring (bicyclic) bond motifs is 1. The van der Waals surface area contributed by atoms with Gasteiger partial charge in [0.2, 0.25) is 0 Å². The van der Waals surface area contributed by atoms with Crippen LogP contribution in [0, 0.1) is 0 Å². The van der Waals surface area contributed by atoms with E-state index >= 15 is 0 Å². The lowest BCUT2D eigenvalue weighted by molar-refractivity contribution is 0.355. The molecule has 3 nitrogen and oxygen atoms in total. The molecule has 0 radical (unpaired) electrons. The first-order valence-corrected chi connectivity index (χ1v) is 5.09. The predicted molar refractivity (Wildman–Crippen MR) is 65.4 cm³/mol. The van der Waals surface area contributed by atoms with Crippen molar-refractivity contribution in [3.05, 3.63) is 35.7 Å². The topological polar surface area (TPSA) is 21.7 Å². The van der Waals surface area contributed by atoms with E-state index in [9.17, 15) is 0 Å². The van der Waals surface area contributed by atoms with Crippen molar-refractivity contribution < 1.29 is 9.47 Å². The van der Waals surface area contributed by atoms with E-state index in [1.807, 2.05) is 36.5 Å². The van der Waals surface area contributed by atoms with Gasteiger partial charge in [0.25, 0.3) is 0 Å². The van der Waals surface area contributed by atoms with E-state index < -0.39 is 0 Å². The number of hydrogen-bond donors (Lipinski definition) is 0. The summed E-state index contributed by atoms with van der Waals surface area (Å²) in [7, 11) is 5.28. The van der Waals surface area contributed by atoms with Gasteiger partial charge in [-0.05, 0) is 35.4 Å². The predicted octanol–water partition coefficient (Wildman–Crippen LogP) is 2.59. The molecule has 1 aliphatic rings. The van der Waals surface area contributed by atoms with Crippen molar-refractivity contribution in [2.75, 3.05) is 21.3 Å². The zero-order valence-electron chi connectivity index (χ0n) is 9.73. The maximum absolute atomic E-state index is 5.27. The first-order chi connectivity index (χ1) is 7.74. The van der Waals surface area contributed by atoms with E-state index in [1.165, 1.54) is 0 Å². The molecule has 0 bridgehead atoms. The molecule has 0 N–H and O–H groups in total. The highest BCUT2D eigenvalue weighted by atomic mass is 16.5. The summed E-state index contributed by atoms with van der Waals surface area (Å²) in [5.74, 6) is 1.51. The Morgan fingerprint density at radius 1 is 0.875 bits per heavy atom. The highest BCUT2D eigenvalue weighted by molar-refractivity contribution is 5.70. The van der Waals surface area contributed by atoms with Crippen LogP contribution in [-0.2, 0) is 0 Å². The van der Waals surface area contributed by atoms with Crippen LogP contribution in [0.3, 0.4) is 0 Å². The van der Waals surface area contributed by atoms with Gasteiger partial charge in [-0.2, -0.15) is 0 Å². The highest BCUT2D eigenvalue weighted by Crippen LogP contribution is 2.32. The van der Waals surface area contributed by atoms with Crippen LogP contribution in [0.5, 0.6) is 11.5 Å². The fourth-order valence-corrected chi connectivity index (χ4v) is 1.64. The van der Waals surface area contributed by atoms with E-state index in [0.717, 1.165) is 22.6 Å². The molecule has 0 saturated heterocycles. The molecular formula is C13H15NO2. The first-order valence-electron chi connectivity index (χ1n) is 5.09. The van der Waals surface area contributed by atoms with Crippen molar-refractivity contribution in [3.8, 4) is 11.5 Å². The molecule has 1 heterocycles. The lowest BCUT2D eigenvalue weighted by atomic mass is 10.1. The zero-order chi connectivity index (χ0) is 11.5. The molecule has 0 saturated carbocycles. The SMILES string of the molecule is COc1cc2c(cc1OC)C=CN(C)C=C2. The Labute approximate surface area is 95.6 Å². The number of methoxy groups -OCH3 is 2. The summed E-state index contributed by atoms with van der Waals surface area (Å²) >= 11 is 0. The van der Waals surface area contributed by atoms with Crippen molar-refractivity contribution in [1.82, 2.24) is 4.90 Å². The lowest BCUT2D eigenvalue weighted by Gasteiger charge is -2.10. The molecule has 0 aromatic heterocycles. The van der Waals surface area contributed by atoms with Gasteiger partial charge in [-0.3, -0.25) is 0 Å². The zero-order valence-corrected chi connectivity index (χ0v) is 9.73. The fraction of sp³-hybridized carbons (Fsp3) is 0.231. The van der Waals surface area contributed by atoms with Crippen molar-refractivity contribution in [1.29, 1.82) is 0 Å². The molecule has 2 rings (SSSR count). The van der Waals surface area contributed by atoms with Gasteiger partial charge in [-0.25, -0.2) is 0 Å². The van der Waals surface area contributed by atoms with Gasteiger partial charge >= 0.3 is 0 Å². The van der Waals surface area contributed by atoms with E-state index in [4.69, 9.17) is 9.47 Å². The average molecular weight is 217 g/mol. The maximum Gasteiger partial charge on any atom is 0.161 e. The number of ether oxygens (including phenoxy) is 2. The second-order valence-corrected chi connectivity index (χ2v) is 3.63. The third-order valence-electron chi connectivity index (χ3n) is 2.57. The summed E-state index contributed by atoms with van der Waals surface area (Å²) in [6.07, 6.45) is 8.12. The Bertz CT molecular complexity index is 408. The summed E-state index contributed by atoms with van der Waals surface area (Å²) in [5, 5.41) is 0. The molecule has 0 atom stereocenters. The van der Waals surface area contributed by atoms with Crippen LogP contribution in [0.4, 0.5) is 0 Å². The van der Waals surface area contributed by atoms with Gasteiger partial charge in [-0.15, -0.1) is 0 Å². The number of hydrogen-bond acceptors (Lipinski definition) is 3. The van der Waals surface area contributed by atoms with Gasteiger partial charge in [0.05, 0.1) is 14.2 Å². The third kappa shape index (κ3) is 1.89. The first kappa shape index (κ1) is 10.6. The number of nitrogens with zero attached hydrogens (tertiary/aromatic N) is 1. The van der Waals surface area contributed by atoms with Crippen LogP contribution >= 0.6 is 0 Å². The van der Waals surface area contributed by atoms with E-state index in [0.29, 0.717) is 0 Å². The van der Waals surface area contributed by atoms with E-state index in [2.05, 4.69) is 12.2 Å². The van der Waals surface area contributed by atoms with Crippen LogP contribution in [0.1, 0.15) is 11.1 Å². The summed E-state index contributed by atoms with van der Waals surface area (Å²) in [4.78, 5) is 2.00. The van der Waals surface area contributed by atoms with Crippen molar-refractivity contribution in [2.45, 2.75) is 0 Å². The molecule has 0 spiro atoms. The van der Waals surface area contributed by atoms with Gasteiger partial charge in [-0.1, -0.05) is 0 Å². The van der Waals surface area contributed by atoms with Crippen molar-refractivity contribution >= 4 is 12.2 Å². The molecule has 0 aliphatic carbocycles. The Hall–Kier alpha value is -1.90. The summed E-state index contributed by atoms with van der Waals surface area (Å²) in [6, 6.07) is 3.96. The summed E-state index contributed by atoms with van der Waals surface area (Å²) < 4.78 is 10.5.